The molecule has 17 heavy (non-hydrogen) atoms. The zero-order valence-corrected chi connectivity index (χ0v) is 9.12. The SMILES string of the molecule is COc1ccc(-c2noc(CCC#N)n2)nn1. The van der Waals surface area contributed by atoms with Gasteiger partial charge in [-0.15, -0.1) is 10.2 Å². The molecule has 0 amide bonds. The molecular weight excluding hydrogens is 222 g/mol. The van der Waals surface area contributed by atoms with Crippen LogP contribution in [0.3, 0.4) is 0 Å². The Balaban J connectivity index is 2.16. The molecule has 86 valence electrons. The summed E-state index contributed by atoms with van der Waals surface area (Å²) < 4.78 is 9.86. The smallest absolute Gasteiger partial charge is 0.233 e. The van der Waals surface area contributed by atoms with E-state index in [1.807, 2.05) is 6.07 Å². The van der Waals surface area contributed by atoms with Gasteiger partial charge in [0.25, 0.3) is 0 Å². The van der Waals surface area contributed by atoms with E-state index in [2.05, 4.69) is 20.3 Å². The van der Waals surface area contributed by atoms with Crippen LogP contribution in [-0.4, -0.2) is 27.4 Å². The van der Waals surface area contributed by atoms with Crippen molar-refractivity contribution in [1.82, 2.24) is 20.3 Å². The van der Waals surface area contributed by atoms with Gasteiger partial charge in [-0.2, -0.15) is 10.2 Å². The maximum Gasteiger partial charge on any atom is 0.233 e. The Bertz CT molecular complexity index is 528. The molecule has 0 atom stereocenters. The van der Waals surface area contributed by atoms with Gasteiger partial charge in [-0.05, 0) is 6.07 Å². The van der Waals surface area contributed by atoms with E-state index in [0.717, 1.165) is 0 Å². The molecule has 0 aromatic carbocycles. The molecule has 0 saturated heterocycles. The number of hydrogen-bond acceptors (Lipinski definition) is 7. The summed E-state index contributed by atoms with van der Waals surface area (Å²) in [6.45, 7) is 0. The van der Waals surface area contributed by atoms with Crippen LogP contribution in [0.4, 0.5) is 0 Å². The number of methoxy groups -OCH3 is 1. The molecule has 2 aromatic rings. The Morgan fingerprint density at radius 1 is 1.41 bits per heavy atom. The molecule has 0 radical (unpaired) electrons. The molecule has 2 heterocycles. The number of nitriles is 1. The lowest BCUT2D eigenvalue weighted by atomic mass is 10.3. The van der Waals surface area contributed by atoms with Gasteiger partial charge in [0, 0.05) is 18.9 Å². The van der Waals surface area contributed by atoms with Crippen molar-refractivity contribution in [2.75, 3.05) is 7.11 Å². The highest BCUT2D eigenvalue weighted by Gasteiger charge is 2.10. The molecule has 7 nitrogen and oxygen atoms in total. The summed E-state index contributed by atoms with van der Waals surface area (Å²) >= 11 is 0. The zero-order chi connectivity index (χ0) is 12.1. The van der Waals surface area contributed by atoms with Crippen LogP contribution in [0.25, 0.3) is 11.5 Å². The van der Waals surface area contributed by atoms with Crippen molar-refractivity contribution in [1.29, 1.82) is 5.26 Å². The van der Waals surface area contributed by atoms with Crippen LogP contribution in [0.2, 0.25) is 0 Å². The maximum atomic E-state index is 8.43. The van der Waals surface area contributed by atoms with Crippen LogP contribution >= 0.6 is 0 Å². The number of ether oxygens (including phenoxy) is 1. The molecule has 0 N–H and O–H groups in total. The van der Waals surface area contributed by atoms with Gasteiger partial charge < -0.3 is 9.26 Å². The average molecular weight is 231 g/mol. The van der Waals surface area contributed by atoms with E-state index in [0.29, 0.717) is 36.1 Å². The minimum absolute atomic E-state index is 0.343. The van der Waals surface area contributed by atoms with Gasteiger partial charge in [0.15, 0.2) is 0 Å². The van der Waals surface area contributed by atoms with E-state index in [4.69, 9.17) is 14.5 Å². The van der Waals surface area contributed by atoms with Gasteiger partial charge >= 0.3 is 0 Å². The van der Waals surface area contributed by atoms with Crippen LogP contribution in [0.15, 0.2) is 16.7 Å². The maximum absolute atomic E-state index is 8.43. The second-order valence-corrected chi connectivity index (χ2v) is 3.13. The van der Waals surface area contributed by atoms with E-state index in [1.165, 1.54) is 7.11 Å². The Labute approximate surface area is 97.0 Å². The first-order valence-electron chi connectivity index (χ1n) is 4.91. The quantitative estimate of drug-likeness (QED) is 0.773. The predicted octanol–water partition coefficient (Wildman–Crippen LogP) is 0.991. The average Bonchev–Trinajstić information content (AvgIpc) is 2.85. The largest absolute Gasteiger partial charge is 0.480 e. The fraction of sp³-hybridized carbons (Fsp3) is 0.300. The van der Waals surface area contributed by atoms with Crippen molar-refractivity contribution in [2.24, 2.45) is 0 Å². The van der Waals surface area contributed by atoms with Crippen LogP contribution in [0, 0.1) is 11.3 Å². The Kier molecular flexibility index (Phi) is 3.25. The summed E-state index contributed by atoms with van der Waals surface area (Å²) in [7, 11) is 1.51. The second kappa shape index (κ2) is 5.03. The molecule has 0 aliphatic heterocycles. The lowest BCUT2D eigenvalue weighted by molar-refractivity contribution is 0.379. The third-order valence-corrected chi connectivity index (χ3v) is 2.00. The standard InChI is InChI=1S/C10H9N5O2/c1-16-9-5-4-7(13-14-9)10-12-8(17-15-10)3-2-6-11/h4-5H,2-3H2,1H3. The third kappa shape index (κ3) is 2.55. The molecule has 0 fully saturated rings. The highest BCUT2D eigenvalue weighted by Crippen LogP contribution is 2.14. The summed E-state index contributed by atoms with van der Waals surface area (Å²) in [5, 5.41) is 19.9. The van der Waals surface area contributed by atoms with Gasteiger partial charge in [0.1, 0.15) is 5.69 Å². The zero-order valence-electron chi connectivity index (χ0n) is 9.12. The van der Waals surface area contributed by atoms with Crippen LogP contribution in [0.5, 0.6) is 5.88 Å². The molecule has 0 spiro atoms. The molecule has 0 aliphatic carbocycles. The minimum Gasteiger partial charge on any atom is -0.480 e. The van der Waals surface area contributed by atoms with Crippen molar-refractivity contribution < 1.29 is 9.26 Å². The first kappa shape index (κ1) is 11.0. The molecule has 0 bridgehead atoms. The van der Waals surface area contributed by atoms with Gasteiger partial charge in [-0.3, -0.25) is 0 Å². The minimum atomic E-state index is 0.343. The fourth-order valence-corrected chi connectivity index (χ4v) is 1.17. The van der Waals surface area contributed by atoms with Crippen molar-refractivity contribution >= 4 is 0 Å². The van der Waals surface area contributed by atoms with Gasteiger partial charge in [-0.1, -0.05) is 5.16 Å². The van der Waals surface area contributed by atoms with Gasteiger partial charge in [0.05, 0.1) is 13.2 Å². The monoisotopic (exact) mass is 231 g/mol. The first-order chi connectivity index (χ1) is 8.33. The van der Waals surface area contributed by atoms with Crippen LogP contribution in [-0.2, 0) is 6.42 Å². The predicted molar refractivity (Wildman–Crippen MR) is 55.8 cm³/mol. The second-order valence-electron chi connectivity index (χ2n) is 3.13. The Morgan fingerprint density at radius 3 is 2.94 bits per heavy atom. The van der Waals surface area contributed by atoms with Crippen molar-refractivity contribution in [2.45, 2.75) is 12.8 Å². The summed E-state index contributed by atoms with van der Waals surface area (Å²) in [5.74, 6) is 1.19. The van der Waals surface area contributed by atoms with Crippen LogP contribution in [0.1, 0.15) is 12.3 Å². The number of aryl methyl sites for hydroxylation is 1. The Morgan fingerprint density at radius 2 is 2.29 bits per heavy atom. The topological polar surface area (TPSA) is 97.7 Å². The molecule has 2 aromatic heterocycles. The van der Waals surface area contributed by atoms with Crippen molar-refractivity contribution in [3.8, 4) is 23.5 Å². The Hall–Kier alpha value is -2.49. The first-order valence-corrected chi connectivity index (χ1v) is 4.91. The summed E-state index contributed by atoms with van der Waals surface area (Å²) in [6.07, 6.45) is 0.781. The molecule has 0 unspecified atom stereocenters. The highest BCUT2D eigenvalue weighted by molar-refractivity contribution is 5.47. The lowest BCUT2D eigenvalue weighted by Gasteiger charge is -1.96. The summed E-state index contributed by atoms with van der Waals surface area (Å²) in [4.78, 5) is 4.10. The molecular formula is C10H9N5O2. The third-order valence-electron chi connectivity index (χ3n) is 2.00. The normalized spacial score (nSPS) is 9.88. The summed E-state index contributed by atoms with van der Waals surface area (Å²) in [6, 6.07) is 5.35. The molecule has 2 rings (SSSR count). The lowest BCUT2D eigenvalue weighted by Crippen LogP contribution is -1.93. The van der Waals surface area contributed by atoms with Crippen LogP contribution < -0.4 is 4.74 Å². The highest BCUT2D eigenvalue weighted by atomic mass is 16.5. The van der Waals surface area contributed by atoms with E-state index in [1.54, 1.807) is 12.1 Å². The number of rotatable bonds is 4. The number of hydrogen-bond donors (Lipinski definition) is 0. The van der Waals surface area contributed by atoms with E-state index < -0.39 is 0 Å². The van der Waals surface area contributed by atoms with E-state index in [-0.39, 0.29) is 0 Å². The number of aromatic nitrogens is 4. The fourth-order valence-electron chi connectivity index (χ4n) is 1.17. The van der Waals surface area contributed by atoms with Gasteiger partial charge in [-0.25, -0.2) is 0 Å². The van der Waals surface area contributed by atoms with E-state index in [9.17, 15) is 0 Å². The summed E-state index contributed by atoms with van der Waals surface area (Å²) in [5.41, 5.74) is 0.498. The van der Waals surface area contributed by atoms with Gasteiger partial charge in [0.2, 0.25) is 17.6 Å². The molecule has 7 heteroatoms. The molecule has 0 aliphatic rings. The van der Waals surface area contributed by atoms with Crippen molar-refractivity contribution in [3.05, 3.63) is 18.0 Å². The number of nitrogens with zero attached hydrogens (tertiary/aromatic N) is 5. The van der Waals surface area contributed by atoms with Crippen molar-refractivity contribution in [3.63, 3.8) is 0 Å². The van der Waals surface area contributed by atoms with E-state index >= 15 is 0 Å². The molecule has 0 saturated carbocycles.